The number of rotatable bonds is 6. The molecule has 0 aromatic heterocycles. The SMILES string of the molecule is CCOC(=O)CC1CCc2cc(NC(=O)c3ccc(C=NN)cc3)ccc2O1. The van der Waals surface area contributed by atoms with Gasteiger partial charge >= 0.3 is 5.97 Å². The molecular weight excluding hydrogens is 358 g/mol. The number of esters is 1. The number of nitrogens with two attached hydrogens (primary N) is 1. The lowest BCUT2D eigenvalue weighted by atomic mass is 10.00. The molecule has 0 saturated carbocycles. The van der Waals surface area contributed by atoms with E-state index in [-0.39, 0.29) is 24.4 Å². The monoisotopic (exact) mass is 381 g/mol. The Hall–Kier alpha value is -3.35. The van der Waals surface area contributed by atoms with Gasteiger partial charge in [0.1, 0.15) is 11.9 Å². The van der Waals surface area contributed by atoms with Crippen LogP contribution in [-0.4, -0.2) is 30.8 Å². The number of carbonyl (C=O) groups is 2. The van der Waals surface area contributed by atoms with E-state index in [1.54, 1.807) is 37.3 Å². The van der Waals surface area contributed by atoms with E-state index in [1.165, 1.54) is 6.21 Å². The smallest absolute Gasteiger partial charge is 0.309 e. The van der Waals surface area contributed by atoms with E-state index < -0.39 is 0 Å². The van der Waals surface area contributed by atoms with Crippen LogP contribution >= 0.6 is 0 Å². The maximum Gasteiger partial charge on any atom is 0.309 e. The summed E-state index contributed by atoms with van der Waals surface area (Å²) in [7, 11) is 0. The number of fused-ring (bicyclic) bond motifs is 1. The highest BCUT2D eigenvalue weighted by atomic mass is 16.5. The summed E-state index contributed by atoms with van der Waals surface area (Å²) in [5.74, 6) is 5.41. The van der Waals surface area contributed by atoms with Crippen molar-refractivity contribution in [3.05, 3.63) is 59.2 Å². The third-order valence-corrected chi connectivity index (χ3v) is 4.44. The molecular formula is C21H23N3O4. The first-order valence-corrected chi connectivity index (χ1v) is 9.19. The Morgan fingerprint density at radius 3 is 2.79 bits per heavy atom. The summed E-state index contributed by atoms with van der Waals surface area (Å²) in [5.41, 5.74) is 3.07. The molecule has 28 heavy (non-hydrogen) atoms. The summed E-state index contributed by atoms with van der Waals surface area (Å²) >= 11 is 0. The molecule has 1 heterocycles. The summed E-state index contributed by atoms with van der Waals surface area (Å²) in [6.45, 7) is 2.15. The average molecular weight is 381 g/mol. The van der Waals surface area contributed by atoms with E-state index in [2.05, 4.69) is 10.4 Å². The number of benzene rings is 2. The lowest BCUT2D eigenvalue weighted by Crippen LogP contribution is -2.26. The third-order valence-electron chi connectivity index (χ3n) is 4.44. The number of hydrazone groups is 1. The van der Waals surface area contributed by atoms with Gasteiger partial charge in [0.25, 0.3) is 5.91 Å². The van der Waals surface area contributed by atoms with E-state index in [0.717, 1.165) is 29.7 Å². The Bertz CT molecular complexity index is 878. The first-order chi connectivity index (χ1) is 13.6. The molecule has 3 N–H and O–H groups in total. The lowest BCUT2D eigenvalue weighted by Gasteiger charge is -2.26. The molecule has 146 valence electrons. The van der Waals surface area contributed by atoms with Gasteiger partial charge in [-0.1, -0.05) is 12.1 Å². The maximum atomic E-state index is 12.4. The number of aryl methyl sites for hydroxylation is 1. The van der Waals surface area contributed by atoms with E-state index in [4.69, 9.17) is 15.3 Å². The van der Waals surface area contributed by atoms with Crippen LogP contribution in [0.1, 0.15) is 41.3 Å². The van der Waals surface area contributed by atoms with Crippen molar-refractivity contribution in [1.29, 1.82) is 0 Å². The minimum absolute atomic E-state index is 0.178. The van der Waals surface area contributed by atoms with Crippen LogP contribution in [0.4, 0.5) is 5.69 Å². The van der Waals surface area contributed by atoms with Crippen molar-refractivity contribution in [2.75, 3.05) is 11.9 Å². The zero-order valence-corrected chi connectivity index (χ0v) is 15.7. The predicted octanol–water partition coefficient (Wildman–Crippen LogP) is 2.88. The summed E-state index contributed by atoms with van der Waals surface area (Å²) < 4.78 is 10.9. The van der Waals surface area contributed by atoms with E-state index in [0.29, 0.717) is 17.9 Å². The fraction of sp³-hybridized carbons (Fsp3) is 0.286. The van der Waals surface area contributed by atoms with Crippen molar-refractivity contribution in [1.82, 2.24) is 0 Å². The fourth-order valence-electron chi connectivity index (χ4n) is 3.08. The highest BCUT2D eigenvalue weighted by Crippen LogP contribution is 2.31. The van der Waals surface area contributed by atoms with Gasteiger partial charge in [0.15, 0.2) is 0 Å². The van der Waals surface area contributed by atoms with Crippen LogP contribution in [0, 0.1) is 0 Å². The number of nitrogens with one attached hydrogen (secondary N) is 1. The lowest BCUT2D eigenvalue weighted by molar-refractivity contribution is -0.145. The number of hydrogen-bond donors (Lipinski definition) is 2. The standard InChI is InChI=1S/C21H23N3O4/c1-2-27-20(25)12-18-9-7-16-11-17(8-10-19(16)28-18)24-21(26)15-5-3-14(4-6-15)13-23-22/h3-6,8,10-11,13,18H,2,7,9,12,22H2,1H3,(H,24,26). The highest BCUT2D eigenvalue weighted by Gasteiger charge is 2.23. The quantitative estimate of drug-likeness (QED) is 0.347. The summed E-state index contributed by atoms with van der Waals surface area (Å²) in [6.07, 6.45) is 3.09. The summed E-state index contributed by atoms with van der Waals surface area (Å²) in [5, 5.41) is 6.35. The minimum Gasteiger partial charge on any atom is -0.490 e. The number of carbonyl (C=O) groups excluding carboxylic acids is 2. The Kier molecular flexibility index (Phi) is 6.26. The Balaban J connectivity index is 1.63. The molecule has 2 aromatic rings. The normalized spacial score (nSPS) is 15.5. The second kappa shape index (κ2) is 9.03. The summed E-state index contributed by atoms with van der Waals surface area (Å²) in [4.78, 5) is 24.1. The second-order valence-corrected chi connectivity index (χ2v) is 6.46. The van der Waals surface area contributed by atoms with Gasteiger partial charge in [0.2, 0.25) is 0 Å². The van der Waals surface area contributed by atoms with Crippen LogP contribution in [0.15, 0.2) is 47.6 Å². The molecule has 0 radical (unpaired) electrons. The van der Waals surface area contributed by atoms with E-state index in [1.807, 2.05) is 12.1 Å². The minimum atomic E-state index is -0.247. The zero-order chi connectivity index (χ0) is 19.9. The number of ether oxygens (including phenoxy) is 2. The van der Waals surface area contributed by atoms with Gasteiger partial charge in [-0.2, -0.15) is 5.10 Å². The average Bonchev–Trinajstić information content (AvgIpc) is 2.69. The van der Waals surface area contributed by atoms with Gasteiger partial charge in [-0.05, 0) is 61.2 Å². The largest absolute Gasteiger partial charge is 0.490 e. The molecule has 3 rings (SSSR count). The predicted molar refractivity (Wildman–Crippen MR) is 107 cm³/mol. The fourth-order valence-corrected chi connectivity index (χ4v) is 3.08. The van der Waals surface area contributed by atoms with Gasteiger partial charge in [-0.25, -0.2) is 0 Å². The molecule has 0 saturated heterocycles. The van der Waals surface area contributed by atoms with Crippen LogP contribution < -0.4 is 15.9 Å². The molecule has 1 aliphatic heterocycles. The molecule has 2 aromatic carbocycles. The van der Waals surface area contributed by atoms with Crippen LogP contribution in [0.5, 0.6) is 5.75 Å². The number of amides is 1. The van der Waals surface area contributed by atoms with Gasteiger partial charge in [0, 0.05) is 11.3 Å². The van der Waals surface area contributed by atoms with Gasteiger partial charge in [-0.3, -0.25) is 9.59 Å². The van der Waals surface area contributed by atoms with Crippen molar-refractivity contribution in [2.24, 2.45) is 10.9 Å². The van der Waals surface area contributed by atoms with Crippen LogP contribution in [0.3, 0.4) is 0 Å². The molecule has 1 atom stereocenters. The van der Waals surface area contributed by atoms with Gasteiger partial charge in [-0.15, -0.1) is 0 Å². The molecule has 0 bridgehead atoms. The number of nitrogens with zero attached hydrogens (tertiary/aromatic N) is 1. The van der Waals surface area contributed by atoms with Gasteiger partial charge < -0.3 is 20.6 Å². The molecule has 7 heteroatoms. The molecule has 7 nitrogen and oxygen atoms in total. The number of anilines is 1. The first-order valence-electron chi connectivity index (χ1n) is 9.19. The molecule has 1 unspecified atom stereocenters. The zero-order valence-electron chi connectivity index (χ0n) is 15.7. The van der Waals surface area contributed by atoms with E-state index >= 15 is 0 Å². The van der Waals surface area contributed by atoms with Crippen molar-refractivity contribution in [3.63, 3.8) is 0 Å². The van der Waals surface area contributed by atoms with Crippen molar-refractivity contribution >= 4 is 23.8 Å². The van der Waals surface area contributed by atoms with Crippen LogP contribution in [0.25, 0.3) is 0 Å². The van der Waals surface area contributed by atoms with Crippen molar-refractivity contribution < 1.29 is 19.1 Å². The molecule has 0 spiro atoms. The molecule has 1 amide bonds. The first kappa shape index (κ1) is 19.4. The second-order valence-electron chi connectivity index (χ2n) is 6.46. The number of hydrogen-bond acceptors (Lipinski definition) is 6. The van der Waals surface area contributed by atoms with Crippen LogP contribution in [-0.2, 0) is 16.0 Å². The Morgan fingerprint density at radius 1 is 1.29 bits per heavy atom. The van der Waals surface area contributed by atoms with Crippen molar-refractivity contribution in [2.45, 2.75) is 32.3 Å². The summed E-state index contributed by atoms with van der Waals surface area (Å²) in [6, 6.07) is 12.5. The van der Waals surface area contributed by atoms with Gasteiger partial charge in [0.05, 0.1) is 19.2 Å². The molecule has 0 fully saturated rings. The molecule has 1 aliphatic rings. The topological polar surface area (TPSA) is 103 Å². The van der Waals surface area contributed by atoms with Crippen LogP contribution in [0.2, 0.25) is 0 Å². The van der Waals surface area contributed by atoms with E-state index in [9.17, 15) is 9.59 Å². The Labute approximate surface area is 163 Å². The molecule has 0 aliphatic carbocycles. The van der Waals surface area contributed by atoms with Crippen molar-refractivity contribution in [3.8, 4) is 5.75 Å². The maximum absolute atomic E-state index is 12.4. The highest BCUT2D eigenvalue weighted by molar-refractivity contribution is 6.04. The Morgan fingerprint density at radius 2 is 2.07 bits per heavy atom. The third kappa shape index (κ3) is 4.88.